The van der Waals surface area contributed by atoms with Crippen molar-refractivity contribution >= 4 is 17.5 Å². The van der Waals surface area contributed by atoms with E-state index in [1.165, 1.54) is 4.90 Å². The number of aryl methyl sites for hydroxylation is 1. The number of carbonyl (C=O) groups is 1. The van der Waals surface area contributed by atoms with Gasteiger partial charge in [0.2, 0.25) is 5.88 Å². The van der Waals surface area contributed by atoms with Gasteiger partial charge in [0, 0.05) is 31.4 Å². The topological polar surface area (TPSA) is 45.5 Å². The van der Waals surface area contributed by atoms with Crippen LogP contribution in [-0.4, -0.2) is 20.0 Å². The molecule has 1 heterocycles. The van der Waals surface area contributed by atoms with Crippen LogP contribution in [0.2, 0.25) is 0 Å². The van der Waals surface area contributed by atoms with Gasteiger partial charge in [-0.3, -0.25) is 9.69 Å². The van der Waals surface area contributed by atoms with Gasteiger partial charge >= 0.3 is 0 Å². The normalized spacial score (nSPS) is 10.2. The van der Waals surface area contributed by atoms with Gasteiger partial charge in [0.15, 0.2) is 0 Å². The predicted molar refractivity (Wildman–Crippen MR) is 72.2 cm³/mol. The number of nitrogens with zero attached hydrogens (tertiary/aromatic N) is 1. The molecule has 0 bridgehead atoms. The van der Waals surface area contributed by atoms with Crippen molar-refractivity contribution in [3.05, 3.63) is 47.7 Å². The Morgan fingerprint density at radius 3 is 2.67 bits per heavy atom. The summed E-state index contributed by atoms with van der Waals surface area (Å²) in [6, 6.07) is 11.0. The van der Waals surface area contributed by atoms with Gasteiger partial charge < -0.3 is 9.73 Å². The minimum Gasteiger partial charge on any atom is -0.445 e. The summed E-state index contributed by atoms with van der Waals surface area (Å²) in [6.45, 7) is 1.85. The van der Waals surface area contributed by atoms with Gasteiger partial charge in [0.05, 0.1) is 0 Å². The molecule has 4 nitrogen and oxygen atoms in total. The third kappa shape index (κ3) is 2.37. The second-order valence-electron chi connectivity index (χ2n) is 4.08. The standard InChI is InChI=1S/C14H16N2O2/c1-10-7-8-13(18-10)16(3)14(17)11-5-4-6-12(9-11)15-2/h4-9,15H,1-3H3. The lowest BCUT2D eigenvalue weighted by molar-refractivity contribution is 0.0989. The van der Waals surface area contributed by atoms with E-state index in [0.29, 0.717) is 11.4 Å². The quantitative estimate of drug-likeness (QED) is 0.903. The average Bonchev–Trinajstić information content (AvgIpc) is 2.83. The Hall–Kier alpha value is -2.23. The first-order valence-electron chi connectivity index (χ1n) is 5.74. The molecule has 18 heavy (non-hydrogen) atoms. The smallest absolute Gasteiger partial charge is 0.260 e. The lowest BCUT2D eigenvalue weighted by atomic mass is 10.2. The van der Waals surface area contributed by atoms with E-state index in [4.69, 9.17) is 4.42 Å². The van der Waals surface area contributed by atoms with E-state index in [0.717, 1.165) is 11.4 Å². The minimum atomic E-state index is -0.0959. The van der Waals surface area contributed by atoms with Crippen molar-refractivity contribution in [1.82, 2.24) is 0 Å². The van der Waals surface area contributed by atoms with Crippen molar-refractivity contribution in [2.24, 2.45) is 0 Å². The zero-order chi connectivity index (χ0) is 13.1. The summed E-state index contributed by atoms with van der Waals surface area (Å²) in [7, 11) is 3.52. The molecule has 0 saturated carbocycles. The first-order valence-corrected chi connectivity index (χ1v) is 5.74. The lowest BCUT2D eigenvalue weighted by Crippen LogP contribution is -2.25. The number of nitrogens with one attached hydrogen (secondary N) is 1. The summed E-state index contributed by atoms with van der Waals surface area (Å²) in [5, 5.41) is 3.01. The highest BCUT2D eigenvalue weighted by molar-refractivity contribution is 6.05. The zero-order valence-electron chi connectivity index (χ0n) is 10.7. The van der Waals surface area contributed by atoms with Gasteiger partial charge in [0.25, 0.3) is 5.91 Å². The highest BCUT2D eigenvalue weighted by Crippen LogP contribution is 2.19. The number of carbonyl (C=O) groups excluding carboxylic acids is 1. The van der Waals surface area contributed by atoms with Crippen LogP contribution in [0.5, 0.6) is 0 Å². The molecule has 0 saturated heterocycles. The molecule has 0 aliphatic rings. The molecular weight excluding hydrogens is 228 g/mol. The van der Waals surface area contributed by atoms with Crippen LogP contribution < -0.4 is 10.2 Å². The molecule has 0 atom stereocenters. The Kier molecular flexibility index (Phi) is 3.37. The summed E-state index contributed by atoms with van der Waals surface area (Å²) >= 11 is 0. The van der Waals surface area contributed by atoms with Gasteiger partial charge in [-0.05, 0) is 31.2 Å². The monoisotopic (exact) mass is 244 g/mol. The van der Waals surface area contributed by atoms with E-state index < -0.39 is 0 Å². The number of hydrogen-bond donors (Lipinski definition) is 1. The van der Waals surface area contributed by atoms with Crippen LogP contribution in [-0.2, 0) is 0 Å². The van der Waals surface area contributed by atoms with Crippen molar-refractivity contribution in [3.63, 3.8) is 0 Å². The van der Waals surface area contributed by atoms with E-state index in [2.05, 4.69) is 5.32 Å². The molecular formula is C14H16N2O2. The molecule has 94 valence electrons. The molecule has 0 fully saturated rings. The summed E-state index contributed by atoms with van der Waals surface area (Å²) in [5.41, 5.74) is 1.53. The SMILES string of the molecule is CNc1cccc(C(=O)N(C)c2ccc(C)o2)c1. The average molecular weight is 244 g/mol. The number of benzene rings is 1. The third-order valence-electron chi connectivity index (χ3n) is 2.76. The molecule has 1 aromatic heterocycles. The molecule has 1 aromatic carbocycles. The Labute approximate surface area is 106 Å². The van der Waals surface area contributed by atoms with Crippen molar-refractivity contribution in [1.29, 1.82) is 0 Å². The number of furan rings is 1. The van der Waals surface area contributed by atoms with Crippen molar-refractivity contribution in [2.45, 2.75) is 6.92 Å². The van der Waals surface area contributed by atoms with E-state index in [9.17, 15) is 4.79 Å². The van der Waals surface area contributed by atoms with Gasteiger partial charge in [-0.15, -0.1) is 0 Å². The van der Waals surface area contributed by atoms with Crippen LogP contribution in [0.1, 0.15) is 16.1 Å². The molecule has 1 amide bonds. The fraction of sp³-hybridized carbons (Fsp3) is 0.214. The summed E-state index contributed by atoms with van der Waals surface area (Å²) in [6.07, 6.45) is 0. The number of amides is 1. The maximum Gasteiger partial charge on any atom is 0.260 e. The van der Waals surface area contributed by atoms with Crippen molar-refractivity contribution < 1.29 is 9.21 Å². The molecule has 0 aliphatic heterocycles. The molecule has 1 N–H and O–H groups in total. The second-order valence-corrected chi connectivity index (χ2v) is 4.08. The van der Waals surface area contributed by atoms with Crippen LogP contribution in [0, 0.1) is 6.92 Å². The highest BCUT2D eigenvalue weighted by Gasteiger charge is 2.16. The zero-order valence-corrected chi connectivity index (χ0v) is 10.7. The van der Waals surface area contributed by atoms with Gasteiger partial charge in [-0.25, -0.2) is 0 Å². The summed E-state index contributed by atoms with van der Waals surface area (Å²) < 4.78 is 5.43. The molecule has 0 spiro atoms. The minimum absolute atomic E-state index is 0.0959. The first-order chi connectivity index (χ1) is 8.61. The van der Waals surface area contributed by atoms with Gasteiger partial charge in [0.1, 0.15) is 5.76 Å². The Bertz CT molecular complexity index is 560. The Balaban J connectivity index is 2.25. The lowest BCUT2D eigenvalue weighted by Gasteiger charge is -2.14. The van der Waals surface area contributed by atoms with Crippen molar-refractivity contribution in [2.75, 3.05) is 24.3 Å². The Morgan fingerprint density at radius 2 is 2.06 bits per heavy atom. The van der Waals surface area contributed by atoms with Crippen LogP contribution in [0.4, 0.5) is 11.6 Å². The van der Waals surface area contributed by atoms with Gasteiger partial charge in [-0.1, -0.05) is 6.07 Å². The molecule has 2 aromatic rings. The maximum atomic E-state index is 12.3. The Morgan fingerprint density at radius 1 is 1.28 bits per heavy atom. The molecule has 0 unspecified atom stereocenters. The van der Waals surface area contributed by atoms with E-state index in [1.54, 1.807) is 19.2 Å². The fourth-order valence-corrected chi connectivity index (χ4v) is 1.70. The molecule has 2 rings (SSSR count). The number of hydrogen-bond acceptors (Lipinski definition) is 3. The van der Waals surface area contributed by atoms with Crippen LogP contribution >= 0.6 is 0 Å². The molecule has 4 heteroatoms. The van der Waals surface area contributed by atoms with Crippen LogP contribution in [0.3, 0.4) is 0 Å². The number of anilines is 2. The summed E-state index contributed by atoms with van der Waals surface area (Å²) in [4.78, 5) is 13.8. The van der Waals surface area contributed by atoms with E-state index in [1.807, 2.05) is 38.2 Å². The first kappa shape index (κ1) is 12.2. The fourth-order valence-electron chi connectivity index (χ4n) is 1.70. The number of rotatable bonds is 3. The predicted octanol–water partition coefficient (Wildman–Crippen LogP) is 2.91. The molecule has 0 radical (unpaired) electrons. The molecule has 0 aliphatic carbocycles. The van der Waals surface area contributed by atoms with Crippen LogP contribution in [0.25, 0.3) is 0 Å². The highest BCUT2D eigenvalue weighted by atomic mass is 16.4. The van der Waals surface area contributed by atoms with Crippen LogP contribution in [0.15, 0.2) is 40.8 Å². The maximum absolute atomic E-state index is 12.3. The van der Waals surface area contributed by atoms with Gasteiger partial charge in [-0.2, -0.15) is 0 Å². The van der Waals surface area contributed by atoms with E-state index >= 15 is 0 Å². The summed E-state index contributed by atoms with van der Waals surface area (Å²) in [5.74, 6) is 1.24. The third-order valence-corrected chi connectivity index (χ3v) is 2.76. The van der Waals surface area contributed by atoms with Crippen molar-refractivity contribution in [3.8, 4) is 0 Å². The largest absolute Gasteiger partial charge is 0.445 e. The van der Waals surface area contributed by atoms with E-state index in [-0.39, 0.29) is 5.91 Å². The second kappa shape index (κ2) is 4.96.